The summed E-state index contributed by atoms with van der Waals surface area (Å²) in [7, 11) is 0. The Kier molecular flexibility index (Phi) is 6.55. The van der Waals surface area contributed by atoms with Crippen molar-refractivity contribution >= 4 is 5.78 Å². The van der Waals surface area contributed by atoms with E-state index in [1.54, 1.807) is 0 Å². The van der Waals surface area contributed by atoms with Crippen LogP contribution in [0.2, 0.25) is 0 Å². The number of benzene rings is 1. The number of aryl methyl sites for hydroxylation is 2. The molecule has 0 unspecified atom stereocenters. The van der Waals surface area contributed by atoms with Gasteiger partial charge in [0.15, 0.2) is 5.78 Å². The van der Waals surface area contributed by atoms with Crippen LogP contribution in [0.3, 0.4) is 0 Å². The van der Waals surface area contributed by atoms with E-state index < -0.39 is 0 Å². The molecule has 28 heavy (non-hydrogen) atoms. The Morgan fingerprint density at radius 1 is 1.32 bits per heavy atom. The van der Waals surface area contributed by atoms with E-state index in [9.17, 15) is 4.79 Å². The van der Waals surface area contributed by atoms with Crippen molar-refractivity contribution in [2.24, 2.45) is 5.92 Å². The molecular formula is C23H33N3O2. The fourth-order valence-corrected chi connectivity index (χ4v) is 4.14. The van der Waals surface area contributed by atoms with Gasteiger partial charge >= 0.3 is 0 Å². The average molecular weight is 384 g/mol. The Hall–Kier alpha value is -2.14. The third kappa shape index (κ3) is 4.64. The monoisotopic (exact) mass is 383 g/mol. The third-order valence-corrected chi connectivity index (χ3v) is 5.58. The molecule has 0 N–H and O–H groups in total. The van der Waals surface area contributed by atoms with Gasteiger partial charge in [-0.1, -0.05) is 12.1 Å². The van der Waals surface area contributed by atoms with Crippen molar-refractivity contribution in [1.29, 1.82) is 0 Å². The maximum absolute atomic E-state index is 13.1. The summed E-state index contributed by atoms with van der Waals surface area (Å²) in [6.07, 6.45) is 2.11. The lowest BCUT2D eigenvalue weighted by Gasteiger charge is -2.32. The Balaban J connectivity index is 1.69. The van der Waals surface area contributed by atoms with Crippen LogP contribution in [0.25, 0.3) is 0 Å². The molecule has 2 heterocycles. The Bertz CT molecular complexity index is 825. The molecule has 1 aromatic carbocycles. The lowest BCUT2D eigenvalue weighted by molar-refractivity contribution is 0.0810. The van der Waals surface area contributed by atoms with Crippen molar-refractivity contribution in [3.8, 4) is 5.75 Å². The van der Waals surface area contributed by atoms with Crippen molar-refractivity contribution in [3.05, 3.63) is 46.8 Å². The van der Waals surface area contributed by atoms with E-state index in [1.165, 1.54) is 11.3 Å². The molecule has 1 aliphatic rings. The quantitative estimate of drug-likeness (QED) is 0.665. The maximum atomic E-state index is 13.1. The van der Waals surface area contributed by atoms with Gasteiger partial charge in [0.25, 0.3) is 0 Å². The van der Waals surface area contributed by atoms with Gasteiger partial charge in [-0.25, -0.2) is 0 Å². The number of hydrogen-bond donors (Lipinski definition) is 0. The molecular weight excluding hydrogens is 350 g/mol. The fourth-order valence-electron chi connectivity index (χ4n) is 4.14. The van der Waals surface area contributed by atoms with Crippen LogP contribution in [0.15, 0.2) is 24.3 Å². The maximum Gasteiger partial charge on any atom is 0.167 e. The highest BCUT2D eigenvalue weighted by Gasteiger charge is 2.28. The van der Waals surface area contributed by atoms with Crippen molar-refractivity contribution in [1.82, 2.24) is 14.7 Å². The van der Waals surface area contributed by atoms with E-state index in [0.29, 0.717) is 0 Å². The number of carbonyl (C=O) groups excluding carboxylic acids is 1. The van der Waals surface area contributed by atoms with E-state index >= 15 is 0 Å². The van der Waals surface area contributed by atoms with Crippen molar-refractivity contribution in [3.63, 3.8) is 0 Å². The van der Waals surface area contributed by atoms with Crippen LogP contribution in [0.1, 0.15) is 60.9 Å². The minimum Gasteiger partial charge on any atom is -0.491 e. The second kappa shape index (κ2) is 8.91. The fraction of sp³-hybridized carbons (Fsp3) is 0.565. The number of carbonyl (C=O) groups is 1. The highest BCUT2D eigenvalue weighted by molar-refractivity contribution is 5.98. The lowest BCUT2D eigenvalue weighted by atomic mass is 9.89. The molecule has 1 saturated heterocycles. The van der Waals surface area contributed by atoms with E-state index in [2.05, 4.69) is 35.5 Å². The summed E-state index contributed by atoms with van der Waals surface area (Å²) in [6, 6.07) is 7.63. The number of Topliss-reactive ketones (excluding diaryl/α,β-unsaturated/α-hetero) is 1. The van der Waals surface area contributed by atoms with Crippen LogP contribution in [0.4, 0.5) is 0 Å². The average Bonchev–Trinajstić information content (AvgIpc) is 2.95. The predicted octanol–water partition coefficient (Wildman–Crippen LogP) is 4.40. The molecule has 0 amide bonds. The standard InChI is InChI=1S/C23H33N3O2/c1-6-26-18(5)22(17(4)24-26)15-25-12-8-10-20(14-25)23(27)19-9-7-11-21(13-19)28-16(2)3/h7,9,11,13,16,20H,6,8,10,12,14-15H2,1-5H3/t20-/m0/s1. The molecule has 152 valence electrons. The van der Waals surface area contributed by atoms with Crippen LogP contribution in [-0.4, -0.2) is 39.7 Å². The van der Waals surface area contributed by atoms with Crippen LogP contribution >= 0.6 is 0 Å². The number of hydrogen-bond acceptors (Lipinski definition) is 4. The first-order valence-electron chi connectivity index (χ1n) is 10.4. The zero-order valence-corrected chi connectivity index (χ0v) is 17.9. The van der Waals surface area contributed by atoms with Gasteiger partial charge in [0, 0.05) is 42.4 Å². The first kappa shape index (κ1) is 20.6. The molecule has 0 radical (unpaired) electrons. The molecule has 3 rings (SSSR count). The van der Waals surface area contributed by atoms with Gasteiger partial charge in [-0.05, 0) is 66.1 Å². The highest BCUT2D eigenvalue weighted by Crippen LogP contribution is 2.25. The zero-order chi connectivity index (χ0) is 20.3. The number of rotatable bonds is 7. The van der Waals surface area contributed by atoms with Gasteiger partial charge in [-0.15, -0.1) is 0 Å². The second-order valence-corrected chi connectivity index (χ2v) is 8.10. The number of ketones is 1. The van der Waals surface area contributed by atoms with E-state index in [1.807, 2.05) is 38.1 Å². The number of aromatic nitrogens is 2. The Morgan fingerprint density at radius 3 is 2.79 bits per heavy atom. The molecule has 1 aliphatic heterocycles. The largest absolute Gasteiger partial charge is 0.491 e. The van der Waals surface area contributed by atoms with Gasteiger partial charge < -0.3 is 4.74 Å². The summed E-state index contributed by atoms with van der Waals surface area (Å²) in [5.41, 5.74) is 4.41. The van der Waals surface area contributed by atoms with Crippen LogP contribution in [0, 0.1) is 19.8 Å². The van der Waals surface area contributed by atoms with Gasteiger partial charge in [-0.3, -0.25) is 14.4 Å². The predicted molar refractivity (Wildman–Crippen MR) is 112 cm³/mol. The molecule has 0 aliphatic carbocycles. The molecule has 2 aromatic rings. The molecule has 0 saturated carbocycles. The molecule has 1 aromatic heterocycles. The summed E-state index contributed by atoms with van der Waals surface area (Å²) in [5, 5.41) is 4.64. The van der Waals surface area contributed by atoms with E-state index in [-0.39, 0.29) is 17.8 Å². The van der Waals surface area contributed by atoms with Crippen LogP contribution in [-0.2, 0) is 13.1 Å². The number of likely N-dealkylation sites (tertiary alicyclic amines) is 1. The van der Waals surface area contributed by atoms with Crippen LogP contribution in [0.5, 0.6) is 5.75 Å². The van der Waals surface area contributed by atoms with Crippen LogP contribution < -0.4 is 4.74 Å². The third-order valence-electron chi connectivity index (χ3n) is 5.58. The molecule has 1 fully saturated rings. The number of piperidine rings is 1. The van der Waals surface area contributed by atoms with Crippen molar-refractivity contribution in [2.75, 3.05) is 13.1 Å². The summed E-state index contributed by atoms with van der Waals surface area (Å²) >= 11 is 0. The minimum atomic E-state index is 0.0462. The minimum absolute atomic E-state index is 0.0462. The van der Waals surface area contributed by atoms with Gasteiger partial charge in [0.05, 0.1) is 11.8 Å². The topological polar surface area (TPSA) is 47.4 Å². The Labute approximate surface area is 168 Å². The van der Waals surface area contributed by atoms with Crippen molar-refractivity contribution < 1.29 is 9.53 Å². The van der Waals surface area contributed by atoms with Gasteiger partial charge in [0.1, 0.15) is 5.75 Å². The molecule has 5 heteroatoms. The lowest BCUT2D eigenvalue weighted by Crippen LogP contribution is -2.38. The number of nitrogens with zero attached hydrogens (tertiary/aromatic N) is 3. The zero-order valence-electron chi connectivity index (χ0n) is 17.9. The van der Waals surface area contributed by atoms with Gasteiger partial charge in [0.2, 0.25) is 0 Å². The molecule has 5 nitrogen and oxygen atoms in total. The van der Waals surface area contributed by atoms with Gasteiger partial charge in [-0.2, -0.15) is 5.10 Å². The number of ether oxygens (including phenoxy) is 1. The molecule has 0 spiro atoms. The van der Waals surface area contributed by atoms with E-state index in [4.69, 9.17) is 4.74 Å². The second-order valence-electron chi connectivity index (χ2n) is 8.10. The highest BCUT2D eigenvalue weighted by atomic mass is 16.5. The molecule has 1 atom stereocenters. The normalized spacial score (nSPS) is 17.9. The molecule has 0 bridgehead atoms. The summed E-state index contributed by atoms with van der Waals surface area (Å²) in [4.78, 5) is 15.5. The Morgan fingerprint density at radius 2 is 2.11 bits per heavy atom. The van der Waals surface area contributed by atoms with E-state index in [0.717, 1.165) is 56.0 Å². The summed E-state index contributed by atoms with van der Waals surface area (Å²) in [6.45, 7) is 14.0. The summed E-state index contributed by atoms with van der Waals surface area (Å²) in [5.74, 6) is 1.05. The summed E-state index contributed by atoms with van der Waals surface area (Å²) < 4.78 is 7.83. The SMILES string of the molecule is CCn1nc(C)c(CN2CCC[C@H](C(=O)c3cccc(OC(C)C)c3)C2)c1C. The first-order chi connectivity index (χ1) is 13.4. The first-order valence-corrected chi connectivity index (χ1v) is 10.4. The smallest absolute Gasteiger partial charge is 0.167 e. The van der Waals surface area contributed by atoms with Crippen molar-refractivity contribution in [2.45, 2.75) is 66.7 Å².